The zero-order chi connectivity index (χ0) is 22.8. The highest BCUT2D eigenvalue weighted by Crippen LogP contribution is 2.31. The number of ether oxygens (including phenoxy) is 2. The Morgan fingerprint density at radius 1 is 1.29 bits per heavy atom. The number of nitrogens with zero attached hydrogens (tertiary/aromatic N) is 2. The van der Waals surface area contributed by atoms with Gasteiger partial charge in [0.2, 0.25) is 15.9 Å². The van der Waals surface area contributed by atoms with E-state index in [1.54, 1.807) is 25.1 Å². The average molecular weight is 449 g/mol. The number of rotatable bonds is 7. The number of carbonyl (C=O) groups is 1. The van der Waals surface area contributed by atoms with Crippen molar-refractivity contribution in [1.82, 2.24) is 5.32 Å². The zero-order valence-electron chi connectivity index (χ0n) is 17.3. The molecule has 0 fully saturated rings. The number of benzene rings is 2. The molecule has 0 saturated heterocycles. The first-order chi connectivity index (χ1) is 14.6. The Bertz CT molecular complexity index is 1100. The van der Waals surface area contributed by atoms with Crippen LogP contribution in [0.2, 0.25) is 0 Å². The van der Waals surface area contributed by atoms with E-state index in [1.165, 1.54) is 19.1 Å². The highest BCUT2D eigenvalue weighted by atomic mass is 32.2. The fraction of sp³-hybridized carbons (Fsp3) is 0.350. The highest BCUT2D eigenvalue weighted by Gasteiger charge is 2.32. The molecular weight excluding hydrogens is 426 g/mol. The minimum absolute atomic E-state index is 0.0746. The van der Waals surface area contributed by atoms with Crippen molar-refractivity contribution in [1.29, 1.82) is 0 Å². The number of fused-ring (bicyclic) bond motifs is 1. The molecule has 2 aromatic rings. The number of hydrogen-bond acceptors (Lipinski definition) is 7. The molecule has 0 unspecified atom stereocenters. The number of sulfonamides is 1. The van der Waals surface area contributed by atoms with Gasteiger partial charge in [0.15, 0.2) is 11.5 Å². The first-order valence-electron chi connectivity index (χ1n) is 9.48. The standard InChI is InChI=1S/C20H23N3O7S/c1-13-8-9-15(23(25)26)10-17(13)22(31(3,27)28)14(2)20(24)21-11-16-12-29-18-6-4-5-7-19(18)30-16/h4-10,14,16H,11-12H2,1-3H3,(H,21,24)/t14-,16-/m0/s1. The van der Waals surface area contributed by atoms with Crippen LogP contribution in [0.1, 0.15) is 12.5 Å². The molecule has 10 nitrogen and oxygen atoms in total. The number of para-hydroxylation sites is 2. The summed E-state index contributed by atoms with van der Waals surface area (Å²) in [5, 5.41) is 13.8. The summed E-state index contributed by atoms with van der Waals surface area (Å²) < 4.78 is 37.3. The van der Waals surface area contributed by atoms with Gasteiger partial charge in [0.1, 0.15) is 18.8 Å². The number of nitro benzene ring substituents is 1. The van der Waals surface area contributed by atoms with E-state index in [9.17, 15) is 23.3 Å². The average Bonchev–Trinajstić information content (AvgIpc) is 2.72. The normalized spacial score (nSPS) is 16.3. The number of anilines is 1. The van der Waals surface area contributed by atoms with Crippen LogP contribution in [0.25, 0.3) is 0 Å². The SMILES string of the molecule is Cc1ccc([N+](=O)[O-])cc1N([C@@H](C)C(=O)NC[C@H]1COc2ccccc2O1)S(C)(=O)=O. The molecule has 11 heteroatoms. The van der Waals surface area contributed by atoms with Gasteiger partial charge in [-0.25, -0.2) is 8.42 Å². The monoisotopic (exact) mass is 449 g/mol. The smallest absolute Gasteiger partial charge is 0.271 e. The number of carbonyl (C=O) groups excluding carboxylic acids is 1. The second-order valence-corrected chi connectivity index (χ2v) is 9.06. The van der Waals surface area contributed by atoms with Crippen LogP contribution in [-0.4, -0.2) is 50.8 Å². The molecule has 0 spiro atoms. The third-order valence-corrected chi connectivity index (χ3v) is 6.03. The molecule has 1 aliphatic heterocycles. The molecule has 0 aliphatic carbocycles. The van der Waals surface area contributed by atoms with Gasteiger partial charge in [-0.2, -0.15) is 0 Å². The minimum Gasteiger partial charge on any atom is -0.486 e. The van der Waals surface area contributed by atoms with Gasteiger partial charge in [0.05, 0.1) is 23.4 Å². The Morgan fingerprint density at radius 3 is 2.61 bits per heavy atom. The Kier molecular flexibility index (Phi) is 6.34. The first kappa shape index (κ1) is 22.3. The Balaban J connectivity index is 1.75. The summed E-state index contributed by atoms with van der Waals surface area (Å²) in [6.45, 7) is 3.36. The van der Waals surface area contributed by atoms with E-state index in [0.29, 0.717) is 17.1 Å². The van der Waals surface area contributed by atoms with Gasteiger partial charge in [0, 0.05) is 12.1 Å². The predicted molar refractivity (Wildman–Crippen MR) is 114 cm³/mol. The van der Waals surface area contributed by atoms with Gasteiger partial charge in [-0.3, -0.25) is 19.2 Å². The predicted octanol–water partition coefficient (Wildman–Crippen LogP) is 2.01. The van der Waals surface area contributed by atoms with E-state index in [-0.39, 0.29) is 24.5 Å². The molecule has 166 valence electrons. The molecule has 0 bridgehead atoms. The third kappa shape index (κ3) is 5.05. The molecule has 0 aromatic heterocycles. The minimum atomic E-state index is -3.92. The van der Waals surface area contributed by atoms with Gasteiger partial charge in [0.25, 0.3) is 5.69 Å². The second-order valence-electron chi connectivity index (χ2n) is 7.21. The molecule has 2 aromatic carbocycles. The molecule has 3 rings (SSSR count). The van der Waals surface area contributed by atoms with Crippen LogP contribution >= 0.6 is 0 Å². The van der Waals surface area contributed by atoms with Crippen molar-refractivity contribution in [3.63, 3.8) is 0 Å². The van der Waals surface area contributed by atoms with E-state index >= 15 is 0 Å². The largest absolute Gasteiger partial charge is 0.486 e. The molecule has 1 heterocycles. The van der Waals surface area contributed by atoms with Crippen LogP contribution < -0.4 is 19.1 Å². The maximum Gasteiger partial charge on any atom is 0.271 e. The number of nitro groups is 1. The fourth-order valence-electron chi connectivity index (χ4n) is 3.26. The number of nitrogens with one attached hydrogen (secondary N) is 1. The summed E-state index contributed by atoms with van der Waals surface area (Å²) in [4.78, 5) is 23.3. The van der Waals surface area contributed by atoms with E-state index in [2.05, 4.69) is 5.32 Å². The number of aryl methyl sites for hydroxylation is 1. The lowest BCUT2D eigenvalue weighted by atomic mass is 10.1. The lowest BCUT2D eigenvalue weighted by Crippen LogP contribution is -2.50. The summed E-state index contributed by atoms with van der Waals surface area (Å²) in [6, 6.07) is 9.88. The van der Waals surface area contributed by atoms with Gasteiger partial charge < -0.3 is 14.8 Å². The molecule has 0 saturated carbocycles. The number of hydrogen-bond donors (Lipinski definition) is 1. The summed E-state index contributed by atoms with van der Waals surface area (Å²) in [5.41, 5.74) is 0.287. The van der Waals surface area contributed by atoms with E-state index in [4.69, 9.17) is 9.47 Å². The van der Waals surface area contributed by atoms with Crippen LogP contribution in [0.15, 0.2) is 42.5 Å². The lowest BCUT2D eigenvalue weighted by Gasteiger charge is -2.30. The Morgan fingerprint density at radius 2 is 1.97 bits per heavy atom. The quantitative estimate of drug-likeness (QED) is 0.506. The van der Waals surface area contributed by atoms with Gasteiger partial charge in [-0.15, -0.1) is 0 Å². The van der Waals surface area contributed by atoms with Crippen molar-refractivity contribution < 1.29 is 27.6 Å². The van der Waals surface area contributed by atoms with Crippen LogP contribution in [0.3, 0.4) is 0 Å². The van der Waals surface area contributed by atoms with Gasteiger partial charge in [-0.05, 0) is 31.5 Å². The van der Waals surface area contributed by atoms with Crippen molar-refractivity contribution in [3.05, 3.63) is 58.1 Å². The van der Waals surface area contributed by atoms with Gasteiger partial charge in [-0.1, -0.05) is 18.2 Å². The van der Waals surface area contributed by atoms with Crippen LogP contribution in [0.5, 0.6) is 11.5 Å². The van der Waals surface area contributed by atoms with E-state index < -0.39 is 33.0 Å². The zero-order valence-corrected chi connectivity index (χ0v) is 18.1. The van der Waals surface area contributed by atoms with Crippen molar-refractivity contribution in [3.8, 4) is 11.5 Å². The molecule has 1 amide bonds. The van der Waals surface area contributed by atoms with Crippen LogP contribution in [0, 0.1) is 17.0 Å². The molecule has 1 aliphatic rings. The maximum atomic E-state index is 12.8. The third-order valence-electron chi connectivity index (χ3n) is 4.80. The fourth-order valence-corrected chi connectivity index (χ4v) is 4.48. The van der Waals surface area contributed by atoms with Gasteiger partial charge >= 0.3 is 0 Å². The van der Waals surface area contributed by atoms with Crippen molar-refractivity contribution in [2.75, 3.05) is 23.7 Å². The number of amides is 1. The summed E-state index contributed by atoms with van der Waals surface area (Å²) in [6.07, 6.45) is 0.502. The molecule has 1 N–H and O–H groups in total. The summed E-state index contributed by atoms with van der Waals surface area (Å²) in [7, 11) is -3.92. The molecule has 0 radical (unpaired) electrons. The van der Waals surface area contributed by atoms with Crippen LogP contribution in [0.4, 0.5) is 11.4 Å². The van der Waals surface area contributed by atoms with Crippen LogP contribution in [-0.2, 0) is 14.8 Å². The van der Waals surface area contributed by atoms with Crippen molar-refractivity contribution in [2.45, 2.75) is 26.0 Å². The highest BCUT2D eigenvalue weighted by molar-refractivity contribution is 7.92. The molecule has 2 atom stereocenters. The Hall–Kier alpha value is -3.34. The lowest BCUT2D eigenvalue weighted by molar-refractivity contribution is -0.384. The Labute approximate surface area is 180 Å². The molecule has 31 heavy (non-hydrogen) atoms. The second kappa shape index (κ2) is 8.80. The van der Waals surface area contributed by atoms with E-state index in [1.807, 2.05) is 6.07 Å². The van der Waals surface area contributed by atoms with Crippen molar-refractivity contribution in [2.24, 2.45) is 0 Å². The van der Waals surface area contributed by atoms with E-state index in [0.717, 1.165) is 16.6 Å². The maximum absolute atomic E-state index is 12.8. The number of non-ortho nitro benzene ring substituents is 1. The summed E-state index contributed by atoms with van der Waals surface area (Å²) in [5.74, 6) is 0.604. The topological polar surface area (TPSA) is 128 Å². The summed E-state index contributed by atoms with van der Waals surface area (Å²) >= 11 is 0. The van der Waals surface area contributed by atoms with Crippen molar-refractivity contribution >= 4 is 27.3 Å². The molecular formula is C20H23N3O7S. The first-order valence-corrected chi connectivity index (χ1v) is 11.3.